The van der Waals surface area contributed by atoms with Crippen LogP contribution in [0, 0.1) is 10.7 Å². The van der Waals surface area contributed by atoms with E-state index < -0.39 is 9.73 Å². The third-order valence-electron chi connectivity index (χ3n) is 2.99. The fourth-order valence-electron chi connectivity index (χ4n) is 1.90. The maximum absolute atomic E-state index is 12.3. The molecule has 1 saturated heterocycles. The van der Waals surface area contributed by atoms with E-state index in [9.17, 15) is 4.21 Å². The molecule has 1 aliphatic rings. The number of hydrogen-bond acceptors (Lipinski definition) is 3. The van der Waals surface area contributed by atoms with Gasteiger partial charge >= 0.3 is 0 Å². The first kappa shape index (κ1) is 12.6. The van der Waals surface area contributed by atoms with Gasteiger partial charge in [-0.3, -0.25) is 0 Å². The van der Waals surface area contributed by atoms with Crippen molar-refractivity contribution in [3.05, 3.63) is 29.8 Å². The van der Waals surface area contributed by atoms with Gasteiger partial charge in [0.05, 0.1) is 28.2 Å². The predicted molar refractivity (Wildman–Crippen MR) is 68.7 cm³/mol. The van der Waals surface area contributed by atoms with Gasteiger partial charge in [0.25, 0.3) is 0 Å². The average Bonchev–Trinajstić information content (AvgIpc) is 2.13. The van der Waals surface area contributed by atoms with Crippen LogP contribution in [-0.4, -0.2) is 22.7 Å². The molecule has 1 atom stereocenters. The SMILES string of the molecule is CC(C)Cc1ccc(S(=N)(=O)C2COC2)cc1. The average molecular weight is 253 g/mol. The van der Waals surface area contributed by atoms with Gasteiger partial charge in [0, 0.05) is 4.90 Å². The third kappa shape index (κ3) is 2.69. The first-order valence-electron chi connectivity index (χ1n) is 5.94. The van der Waals surface area contributed by atoms with Gasteiger partial charge in [0.1, 0.15) is 0 Å². The summed E-state index contributed by atoms with van der Waals surface area (Å²) in [6.07, 6.45) is 1.02. The highest BCUT2D eigenvalue weighted by molar-refractivity contribution is 7.93. The van der Waals surface area contributed by atoms with Gasteiger partial charge in [-0.15, -0.1) is 0 Å². The molecule has 17 heavy (non-hydrogen) atoms. The summed E-state index contributed by atoms with van der Waals surface area (Å²) in [5.41, 5.74) is 1.24. The predicted octanol–water partition coefficient (Wildman–Crippen LogP) is 2.69. The molecule has 0 aliphatic carbocycles. The first-order valence-corrected chi connectivity index (χ1v) is 7.56. The highest BCUT2D eigenvalue weighted by Gasteiger charge is 2.30. The number of ether oxygens (including phenoxy) is 1. The molecule has 0 spiro atoms. The molecule has 1 unspecified atom stereocenters. The van der Waals surface area contributed by atoms with Crippen molar-refractivity contribution in [2.45, 2.75) is 30.4 Å². The molecule has 1 aromatic rings. The Kier molecular flexibility index (Phi) is 3.54. The van der Waals surface area contributed by atoms with Crippen molar-refractivity contribution < 1.29 is 8.95 Å². The van der Waals surface area contributed by atoms with Crippen LogP contribution < -0.4 is 0 Å². The fourth-order valence-corrected chi connectivity index (χ4v) is 3.40. The zero-order valence-electron chi connectivity index (χ0n) is 10.3. The number of nitrogens with one attached hydrogen (secondary N) is 1. The standard InChI is InChI=1S/C13H19NO2S/c1-10(2)7-11-3-5-12(6-4-11)17(14,15)13-8-16-9-13/h3-6,10,13-14H,7-9H2,1-2H3. The Labute approximate surface area is 103 Å². The summed E-state index contributed by atoms with van der Waals surface area (Å²) < 4.78 is 25.3. The molecule has 3 nitrogen and oxygen atoms in total. The Hall–Kier alpha value is -0.870. The second kappa shape index (κ2) is 4.78. The van der Waals surface area contributed by atoms with Crippen molar-refractivity contribution in [2.24, 2.45) is 5.92 Å². The van der Waals surface area contributed by atoms with Gasteiger partial charge in [-0.2, -0.15) is 0 Å². The number of benzene rings is 1. The molecule has 1 heterocycles. The largest absolute Gasteiger partial charge is 0.379 e. The van der Waals surface area contributed by atoms with Crippen molar-refractivity contribution in [2.75, 3.05) is 13.2 Å². The maximum atomic E-state index is 12.3. The maximum Gasteiger partial charge on any atom is 0.0939 e. The molecule has 0 bridgehead atoms. The second-order valence-electron chi connectivity index (χ2n) is 5.00. The molecular weight excluding hydrogens is 234 g/mol. The summed E-state index contributed by atoms with van der Waals surface area (Å²) in [6.45, 7) is 5.26. The van der Waals surface area contributed by atoms with Gasteiger partial charge in [-0.25, -0.2) is 8.99 Å². The second-order valence-corrected chi connectivity index (χ2v) is 7.34. The smallest absolute Gasteiger partial charge is 0.0939 e. The van der Waals surface area contributed by atoms with Crippen molar-refractivity contribution in [1.82, 2.24) is 0 Å². The molecule has 0 saturated carbocycles. The molecular formula is C13H19NO2S. The summed E-state index contributed by atoms with van der Waals surface area (Å²) in [6, 6.07) is 7.66. The van der Waals surface area contributed by atoms with Gasteiger partial charge < -0.3 is 4.74 Å². The molecule has 0 radical (unpaired) electrons. The zero-order valence-corrected chi connectivity index (χ0v) is 11.1. The Morgan fingerprint density at radius 3 is 2.35 bits per heavy atom. The molecule has 1 aliphatic heterocycles. The van der Waals surface area contributed by atoms with Crippen LogP contribution in [0.1, 0.15) is 19.4 Å². The Morgan fingerprint density at radius 1 is 1.35 bits per heavy atom. The van der Waals surface area contributed by atoms with Crippen LogP contribution in [0.5, 0.6) is 0 Å². The minimum atomic E-state index is -2.67. The van der Waals surface area contributed by atoms with E-state index in [1.165, 1.54) is 5.56 Å². The number of hydrogen-bond donors (Lipinski definition) is 1. The summed E-state index contributed by atoms with van der Waals surface area (Å²) in [5.74, 6) is 0.612. The van der Waals surface area contributed by atoms with Gasteiger partial charge in [0.2, 0.25) is 0 Å². The topological polar surface area (TPSA) is 50.2 Å². The molecule has 0 aromatic heterocycles. The Morgan fingerprint density at radius 2 is 1.94 bits per heavy atom. The van der Waals surface area contributed by atoms with Crippen molar-refractivity contribution >= 4 is 9.73 Å². The van der Waals surface area contributed by atoms with Crippen molar-refractivity contribution in [1.29, 1.82) is 4.78 Å². The van der Waals surface area contributed by atoms with Crippen LogP contribution in [0.2, 0.25) is 0 Å². The minimum Gasteiger partial charge on any atom is -0.379 e. The summed E-state index contributed by atoms with van der Waals surface area (Å²) in [7, 11) is -2.67. The Bertz CT molecular complexity index is 473. The fraction of sp³-hybridized carbons (Fsp3) is 0.538. The molecule has 2 rings (SSSR count). The lowest BCUT2D eigenvalue weighted by Crippen LogP contribution is -2.40. The van der Waals surface area contributed by atoms with Crippen LogP contribution >= 0.6 is 0 Å². The van der Waals surface area contributed by atoms with Crippen molar-refractivity contribution in [3.8, 4) is 0 Å². The van der Waals surface area contributed by atoms with Crippen LogP contribution in [-0.2, 0) is 20.9 Å². The Balaban J connectivity index is 2.17. The first-order chi connectivity index (χ1) is 8.00. The van der Waals surface area contributed by atoms with Crippen molar-refractivity contribution in [3.63, 3.8) is 0 Å². The lowest BCUT2D eigenvalue weighted by atomic mass is 10.0. The minimum absolute atomic E-state index is 0.126. The van der Waals surface area contributed by atoms with Crippen LogP contribution in [0.4, 0.5) is 0 Å². The lowest BCUT2D eigenvalue weighted by Gasteiger charge is -2.28. The zero-order chi connectivity index (χ0) is 12.5. The summed E-state index contributed by atoms with van der Waals surface area (Å²) in [4.78, 5) is 0.637. The highest BCUT2D eigenvalue weighted by Crippen LogP contribution is 2.23. The quantitative estimate of drug-likeness (QED) is 0.897. The van der Waals surface area contributed by atoms with Gasteiger partial charge in [-0.05, 0) is 30.0 Å². The molecule has 4 heteroatoms. The monoisotopic (exact) mass is 253 g/mol. The third-order valence-corrected chi connectivity index (χ3v) is 5.18. The molecule has 94 valence electrons. The van der Waals surface area contributed by atoms with Crippen LogP contribution in [0.25, 0.3) is 0 Å². The van der Waals surface area contributed by atoms with E-state index in [0.717, 1.165) is 6.42 Å². The molecule has 1 N–H and O–H groups in total. The molecule has 1 aromatic carbocycles. The van der Waals surface area contributed by atoms with Gasteiger partial charge in [-0.1, -0.05) is 26.0 Å². The van der Waals surface area contributed by atoms with Crippen LogP contribution in [0.15, 0.2) is 29.2 Å². The summed E-state index contributed by atoms with van der Waals surface area (Å²) >= 11 is 0. The highest BCUT2D eigenvalue weighted by atomic mass is 32.2. The van der Waals surface area contributed by atoms with Crippen LogP contribution in [0.3, 0.4) is 0 Å². The number of rotatable bonds is 4. The van der Waals surface area contributed by atoms with E-state index in [4.69, 9.17) is 9.52 Å². The van der Waals surface area contributed by atoms with E-state index in [-0.39, 0.29) is 5.25 Å². The van der Waals surface area contributed by atoms with Gasteiger partial charge in [0.15, 0.2) is 0 Å². The molecule has 1 fully saturated rings. The van der Waals surface area contributed by atoms with E-state index in [1.807, 2.05) is 24.3 Å². The lowest BCUT2D eigenvalue weighted by molar-refractivity contribution is 0.0427. The van der Waals surface area contributed by atoms with E-state index in [0.29, 0.717) is 24.0 Å². The van der Waals surface area contributed by atoms with E-state index in [2.05, 4.69) is 13.8 Å². The summed E-state index contributed by atoms with van der Waals surface area (Å²) in [5, 5.41) is -0.126. The normalized spacial score (nSPS) is 19.9. The van der Waals surface area contributed by atoms with E-state index in [1.54, 1.807) is 0 Å². The molecule has 0 amide bonds. The van der Waals surface area contributed by atoms with E-state index >= 15 is 0 Å².